The Morgan fingerprint density at radius 3 is 2.64 bits per heavy atom. The smallest absolute Gasteiger partial charge is 0.325 e. The summed E-state index contributed by atoms with van der Waals surface area (Å²) < 4.78 is 54.9. The Kier molecular flexibility index (Phi) is 4.18. The van der Waals surface area contributed by atoms with E-state index in [0.29, 0.717) is 4.47 Å². The predicted molar refractivity (Wildman–Crippen MR) is 91.9 cm³/mol. The number of alkyl halides is 3. The summed E-state index contributed by atoms with van der Waals surface area (Å²) in [6.45, 7) is -0.600. The number of rotatable bonds is 3. The van der Waals surface area contributed by atoms with Gasteiger partial charge in [0.2, 0.25) is 11.9 Å². The average molecular weight is 459 g/mol. The molecule has 28 heavy (non-hydrogen) atoms. The molecular weight excluding hydrogens is 448 g/mol. The second-order valence-electron chi connectivity index (χ2n) is 6.59. The van der Waals surface area contributed by atoms with Crippen molar-refractivity contribution in [1.29, 1.82) is 0 Å². The number of hydrogen-bond acceptors (Lipinski definition) is 4. The summed E-state index contributed by atoms with van der Waals surface area (Å²) in [4.78, 5) is 33.0. The van der Waals surface area contributed by atoms with Gasteiger partial charge in [0.25, 0.3) is 5.91 Å². The molecular formula is C17H11BrF4N4O2. The first-order valence-electron chi connectivity index (χ1n) is 8.08. The predicted octanol–water partition coefficient (Wildman–Crippen LogP) is 3.05. The van der Waals surface area contributed by atoms with Crippen LogP contribution in [0.25, 0.3) is 0 Å². The third kappa shape index (κ3) is 2.84. The maximum Gasteiger partial charge on any atom is 0.400 e. The van der Waals surface area contributed by atoms with Crippen LogP contribution in [0.5, 0.6) is 0 Å². The van der Waals surface area contributed by atoms with Crippen molar-refractivity contribution in [2.45, 2.75) is 24.1 Å². The van der Waals surface area contributed by atoms with Gasteiger partial charge in [-0.2, -0.15) is 13.2 Å². The number of nitrogens with zero attached hydrogens (tertiary/aromatic N) is 3. The van der Waals surface area contributed by atoms with Gasteiger partial charge in [0.1, 0.15) is 12.0 Å². The molecule has 2 heterocycles. The minimum absolute atomic E-state index is 0.0806. The van der Waals surface area contributed by atoms with Crippen LogP contribution in [0.2, 0.25) is 0 Å². The van der Waals surface area contributed by atoms with E-state index in [0.717, 1.165) is 17.3 Å². The molecule has 0 bridgehead atoms. The van der Waals surface area contributed by atoms with E-state index in [1.165, 1.54) is 18.2 Å². The number of halogens is 5. The number of hydrogen-bond donors (Lipinski definition) is 1. The number of amides is 2. The van der Waals surface area contributed by atoms with Crippen molar-refractivity contribution < 1.29 is 27.2 Å². The van der Waals surface area contributed by atoms with E-state index >= 15 is 0 Å². The molecule has 2 aliphatic rings. The van der Waals surface area contributed by atoms with Crippen LogP contribution in [0.4, 0.5) is 23.5 Å². The number of nitrogens with one attached hydrogen (secondary N) is 1. The van der Waals surface area contributed by atoms with Gasteiger partial charge in [-0.1, -0.05) is 15.9 Å². The van der Waals surface area contributed by atoms with Crippen molar-refractivity contribution in [3.63, 3.8) is 0 Å². The van der Waals surface area contributed by atoms with Crippen LogP contribution in [0.15, 0.2) is 35.1 Å². The first-order chi connectivity index (χ1) is 13.1. The number of fused-ring (bicyclic) bond motifs is 3. The summed E-state index contributed by atoms with van der Waals surface area (Å²) in [6, 6.07) is 2.94. The molecule has 1 aliphatic carbocycles. The highest BCUT2D eigenvalue weighted by molar-refractivity contribution is 9.10. The third-order valence-electron chi connectivity index (χ3n) is 4.95. The molecule has 2 aromatic rings. The molecule has 1 fully saturated rings. The molecule has 1 saturated carbocycles. The van der Waals surface area contributed by atoms with Gasteiger partial charge in [-0.15, -0.1) is 0 Å². The monoisotopic (exact) mass is 458 g/mol. The Hall–Kier alpha value is -2.56. The quantitative estimate of drug-likeness (QED) is 0.717. The van der Waals surface area contributed by atoms with Crippen LogP contribution in [-0.4, -0.2) is 45.4 Å². The zero-order valence-electron chi connectivity index (χ0n) is 13.9. The Balaban J connectivity index is 1.63. The maximum atomic E-state index is 13.9. The van der Waals surface area contributed by atoms with E-state index in [1.54, 1.807) is 0 Å². The molecule has 11 heteroatoms. The van der Waals surface area contributed by atoms with Crippen LogP contribution in [0.3, 0.4) is 0 Å². The van der Waals surface area contributed by atoms with Crippen molar-refractivity contribution >= 4 is 33.7 Å². The molecule has 6 nitrogen and oxygen atoms in total. The summed E-state index contributed by atoms with van der Waals surface area (Å²) >= 11 is 3.15. The lowest BCUT2D eigenvalue weighted by Crippen LogP contribution is -2.50. The third-order valence-corrected chi connectivity index (χ3v) is 5.44. The first-order valence-corrected chi connectivity index (χ1v) is 8.88. The van der Waals surface area contributed by atoms with E-state index in [1.807, 2.05) is 0 Å². The van der Waals surface area contributed by atoms with Gasteiger partial charge in [-0.25, -0.2) is 14.4 Å². The molecule has 0 saturated heterocycles. The Bertz CT molecular complexity index is 982. The zero-order valence-corrected chi connectivity index (χ0v) is 15.5. The lowest BCUT2D eigenvalue weighted by Gasteiger charge is -2.34. The fraction of sp³-hybridized carbons (Fsp3) is 0.294. The average Bonchev–Trinajstić information content (AvgIpc) is 3.38. The minimum Gasteiger partial charge on any atom is -0.325 e. The summed E-state index contributed by atoms with van der Waals surface area (Å²) in [5.74, 6) is -2.35. The largest absolute Gasteiger partial charge is 0.400 e. The van der Waals surface area contributed by atoms with E-state index in [4.69, 9.17) is 0 Å². The number of anilines is 1. The van der Waals surface area contributed by atoms with Crippen LogP contribution < -0.4 is 5.32 Å². The zero-order chi connectivity index (χ0) is 20.3. The SMILES string of the molecule is O=C(CN1C(=O)c2ccc(Br)cc2[C@]2(C(F)(F)F)C[C@@H]12)Nc1ncc(F)cn1. The van der Waals surface area contributed by atoms with E-state index in [9.17, 15) is 27.2 Å². The highest BCUT2D eigenvalue weighted by Crippen LogP contribution is 2.64. The molecule has 1 N–H and O–H groups in total. The molecule has 0 unspecified atom stereocenters. The van der Waals surface area contributed by atoms with Gasteiger partial charge < -0.3 is 4.90 Å². The Morgan fingerprint density at radius 2 is 2.00 bits per heavy atom. The molecule has 1 aromatic heterocycles. The number of benzene rings is 1. The van der Waals surface area contributed by atoms with E-state index < -0.39 is 41.8 Å². The van der Waals surface area contributed by atoms with Gasteiger partial charge in [-0.05, 0) is 30.2 Å². The Labute approximate surface area is 164 Å². The van der Waals surface area contributed by atoms with Crippen molar-refractivity contribution in [2.75, 3.05) is 11.9 Å². The summed E-state index contributed by atoms with van der Waals surface area (Å²) in [5.41, 5.74) is -2.35. The first kappa shape index (κ1) is 18.8. The number of carbonyl (C=O) groups excluding carboxylic acids is 2. The molecule has 146 valence electrons. The van der Waals surface area contributed by atoms with Gasteiger partial charge in [-0.3, -0.25) is 14.9 Å². The highest BCUT2D eigenvalue weighted by Gasteiger charge is 2.76. The molecule has 0 spiro atoms. The van der Waals surface area contributed by atoms with E-state index in [2.05, 4.69) is 31.2 Å². The van der Waals surface area contributed by atoms with Crippen molar-refractivity contribution in [2.24, 2.45) is 0 Å². The van der Waals surface area contributed by atoms with E-state index in [-0.39, 0.29) is 23.5 Å². The van der Waals surface area contributed by atoms with Crippen LogP contribution in [0, 0.1) is 5.82 Å². The van der Waals surface area contributed by atoms with Crippen molar-refractivity contribution in [1.82, 2.24) is 14.9 Å². The molecule has 0 radical (unpaired) electrons. The molecule has 1 aromatic carbocycles. The second-order valence-corrected chi connectivity index (χ2v) is 7.50. The highest BCUT2D eigenvalue weighted by atomic mass is 79.9. The topological polar surface area (TPSA) is 75.2 Å². The molecule has 2 amide bonds. The van der Waals surface area contributed by atoms with Crippen LogP contribution in [0.1, 0.15) is 22.3 Å². The van der Waals surface area contributed by atoms with Gasteiger partial charge in [0.05, 0.1) is 18.4 Å². The fourth-order valence-electron chi connectivity index (χ4n) is 3.62. The van der Waals surface area contributed by atoms with Gasteiger partial charge in [0.15, 0.2) is 5.82 Å². The minimum atomic E-state index is -4.58. The number of carbonyl (C=O) groups is 2. The molecule has 2 atom stereocenters. The number of aromatic nitrogens is 2. The molecule has 1 aliphatic heterocycles. The molecule has 4 rings (SSSR count). The second kappa shape index (κ2) is 6.23. The van der Waals surface area contributed by atoms with Gasteiger partial charge in [0, 0.05) is 10.0 Å². The lowest BCUT2D eigenvalue weighted by molar-refractivity contribution is -0.166. The fourth-order valence-corrected chi connectivity index (χ4v) is 3.98. The van der Waals surface area contributed by atoms with Gasteiger partial charge >= 0.3 is 6.18 Å². The standard InChI is InChI=1S/C17H11BrF4N4O2/c18-8-1-2-10-11(3-8)16(17(20,21)22)4-12(16)26(14(10)28)7-13(27)25-15-23-5-9(19)6-24-15/h1-3,5-6,12H,4,7H2,(H,23,24,25,27)/t12-,16-/m1/s1. The van der Waals surface area contributed by atoms with Crippen LogP contribution in [-0.2, 0) is 10.2 Å². The van der Waals surface area contributed by atoms with Crippen molar-refractivity contribution in [3.8, 4) is 0 Å². The maximum absolute atomic E-state index is 13.9. The summed E-state index contributed by atoms with van der Waals surface area (Å²) in [6.07, 6.45) is -3.23. The normalized spacial score (nSPS) is 23.1. The summed E-state index contributed by atoms with van der Waals surface area (Å²) in [5, 5.41) is 2.25. The lowest BCUT2D eigenvalue weighted by atomic mass is 9.86. The Morgan fingerprint density at radius 1 is 1.32 bits per heavy atom. The van der Waals surface area contributed by atoms with Crippen molar-refractivity contribution in [3.05, 3.63) is 52.0 Å². The summed E-state index contributed by atoms with van der Waals surface area (Å²) in [7, 11) is 0. The van der Waals surface area contributed by atoms with Crippen LogP contribution >= 0.6 is 15.9 Å².